The molecule has 0 bridgehead atoms. The van der Waals surface area contributed by atoms with Crippen LogP contribution in [0.25, 0.3) is 0 Å². The van der Waals surface area contributed by atoms with Crippen LogP contribution in [0.2, 0.25) is 0 Å². The van der Waals surface area contributed by atoms with Gasteiger partial charge >= 0.3 is 5.97 Å². The lowest BCUT2D eigenvalue weighted by atomic mass is 9.76. The highest BCUT2D eigenvalue weighted by Gasteiger charge is 2.38. The summed E-state index contributed by atoms with van der Waals surface area (Å²) in [7, 11) is 0. The SMILES string of the molecule is CCCCOC(=O)c1ccc2c(c1)[C@@H]1C=CC[C@H]1[C@@H](c1cccc([N+](=O)[O-])c1)N2. The molecule has 0 amide bonds. The minimum atomic E-state index is -0.360. The van der Waals surface area contributed by atoms with E-state index >= 15 is 0 Å². The van der Waals surface area contributed by atoms with Crippen molar-refractivity contribution in [3.8, 4) is 0 Å². The zero-order chi connectivity index (χ0) is 20.4. The molecule has 4 rings (SSSR count). The summed E-state index contributed by atoms with van der Waals surface area (Å²) in [5.74, 6) is 0.121. The van der Waals surface area contributed by atoms with Gasteiger partial charge in [-0.2, -0.15) is 0 Å². The number of anilines is 1. The Morgan fingerprint density at radius 1 is 1.28 bits per heavy atom. The molecule has 0 saturated heterocycles. The third kappa shape index (κ3) is 3.75. The monoisotopic (exact) mass is 392 g/mol. The lowest BCUT2D eigenvalue weighted by Gasteiger charge is -2.37. The minimum Gasteiger partial charge on any atom is -0.462 e. The van der Waals surface area contributed by atoms with Crippen LogP contribution in [0.4, 0.5) is 11.4 Å². The summed E-state index contributed by atoms with van der Waals surface area (Å²) >= 11 is 0. The number of non-ortho nitro benzene ring substituents is 1. The molecule has 2 aromatic rings. The van der Waals surface area contributed by atoms with Gasteiger partial charge in [-0.3, -0.25) is 10.1 Å². The van der Waals surface area contributed by atoms with Crippen molar-refractivity contribution in [2.45, 2.75) is 38.1 Å². The van der Waals surface area contributed by atoms with Crippen molar-refractivity contribution in [3.63, 3.8) is 0 Å². The lowest BCUT2D eigenvalue weighted by Crippen LogP contribution is -2.29. The topological polar surface area (TPSA) is 81.5 Å². The molecule has 6 heteroatoms. The summed E-state index contributed by atoms with van der Waals surface area (Å²) in [4.78, 5) is 23.2. The van der Waals surface area contributed by atoms with E-state index in [9.17, 15) is 14.9 Å². The van der Waals surface area contributed by atoms with Crippen LogP contribution in [0.5, 0.6) is 0 Å². The number of carbonyl (C=O) groups is 1. The molecule has 0 unspecified atom stereocenters. The third-order valence-electron chi connectivity index (χ3n) is 5.77. The maximum absolute atomic E-state index is 12.4. The van der Waals surface area contributed by atoms with Crippen molar-refractivity contribution in [2.75, 3.05) is 11.9 Å². The zero-order valence-electron chi connectivity index (χ0n) is 16.3. The van der Waals surface area contributed by atoms with E-state index in [-0.39, 0.29) is 34.5 Å². The molecule has 0 saturated carbocycles. The number of fused-ring (bicyclic) bond motifs is 3. The average Bonchev–Trinajstić information content (AvgIpc) is 3.23. The number of esters is 1. The molecule has 0 spiro atoms. The molecule has 0 radical (unpaired) electrons. The highest BCUT2D eigenvalue weighted by Crippen LogP contribution is 2.50. The maximum atomic E-state index is 12.4. The van der Waals surface area contributed by atoms with Crippen molar-refractivity contribution in [1.29, 1.82) is 0 Å². The normalized spacial score (nSPS) is 21.8. The Balaban J connectivity index is 1.63. The molecular formula is C23H24N2O4. The van der Waals surface area contributed by atoms with Gasteiger partial charge in [-0.1, -0.05) is 37.6 Å². The van der Waals surface area contributed by atoms with Gasteiger partial charge in [0.1, 0.15) is 0 Å². The number of hydrogen-bond donors (Lipinski definition) is 1. The first kappa shape index (κ1) is 19.2. The highest BCUT2D eigenvalue weighted by atomic mass is 16.6. The van der Waals surface area contributed by atoms with Gasteiger partial charge in [-0.15, -0.1) is 0 Å². The van der Waals surface area contributed by atoms with Crippen LogP contribution < -0.4 is 5.32 Å². The first-order chi connectivity index (χ1) is 14.1. The quantitative estimate of drug-likeness (QED) is 0.235. The van der Waals surface area contributed by atoms with Crippen LogP contribution in [0.3, 0.4) is 0 Å². The Morgan fingerprint density at radius 3 is 2.93 bits per heavy atom. The number of nitrogens with one attached hydrogen (secondary N) is 1. The number of nitrogens with zero attached hydrogens (tertiary/aromatic N) is 1. The van der Waals surface area contributed by atoms with Crippen molar-refractivity contribution in [1.82, 2.24) is 0 Å². The number of unbranched alkanes of at least 4 members (excludes halogenated alkanes) is 1. The second-order valence-corrected chi connectivity index (χ2v) is 7.62. The van der Waals surface area contributed by atoms with Crippen LogP contribution in [0, 0.1) is 16.0 Å². The van der Waals surface area contributed by atoms with Gasteiger partial charge < -0.3 is 10.1 Å². The van der Waals surface area contributed by atoms with E-state index in [2.05, 4.69) is 24.4 Å². The van der Waals surface area contributed by atoms with Gasteiger partial charge in [0, 0.05) is 23.7 Å². The predicted octanol–water partition coefficient (Wildman–Crippen LogP) is 5.38. The molecule has 2 aromatic carbocycles. The molecule has 1 aliphatic heterocycles. The number of nitro groups is 1. The van der Waals surface area contributed by atoms with Gasteiger partial charge in [-0.05, 0) is 48.1 Å². The molecule has 1 aliphatic carbocycles. The van der Waals surface area contributed by atoms with Crippen molar-refractivity contribution in [3.05, 3.63) is 81.4 Å². The van der Waals surface area contributed by atoms with Crippen LogP contribution in [0.1, 0.15) is 59.6 Å². The van der Waals surface area contributed by atoms with Gasteiger partial charge in [0.25, 0.3) is 5.69 Å². The van der Waals surface area contributed by atoms with Crippen molar-refractivity contribution >= 4 is 17.3 Å². The summed E-state index contributed by atoms with van der Waals surface area (Å²) in [6.07, 6.45) is 7.06. The van der Waals surface area contributed by atoms with Crippen molar-refractivity contribution < 1.29 is 14.5 Å². The van der Waals surface area contributed by atoms with Crippen LogP contribution in [0.15, 0.2) is 54.6 Å². The van der Waals surface area contributed by atoms with E-state index in [0.717, 1.165) is 36.1 Å². The molecule has 1 heterocycles. The molecule has 0 fully saturated rings. The van der Waals surface area contributed by atoms with E-state index in [1.807, 2.05) is 18.2 Å². The van der Waals surface area contributed by atoms with E-state index in [1.54, 1.807) is 18.2 Å². The largest absolute Gasteiger partial charge is 0.462 e. The van der Waals surface area contributed by atoms with E-state index in [4.69, 9.17) is 4.74 Å². The van der Waals surface area contributed by atoms with E-state index < -0.39 is 0 Å². The van der Waals surface area contributed by atoms with E-state index in [0.29, 0.717) is 12.2 Å². The fourth-order valence-corrected chi connectivity index (χ4v) is 4.28. The van der Waals surface area contributed by atoms with Crippen LogP contribution in [-0.4, -0.2) is 17.5 Å². The number of hydrogen-bond acceptors (Lipinski definition) is 5. The second kappa shape index (κ2) is 8.07. The Bertz CT molecular complexity index is 969. The van der Waals surface area contributed by atoms with Crippen LogP contribution in [-0.2, 0) is 4.74 Å². The number of nitro benzene ring substituents is 1. The molecule has 29 heavy (non-hydrogen) atoms. The molecule has 1 N–H and O–H groups in total. The fraction of sp³-hybridized carbons (Fsp3) is 0.348. The first-order valence-corrected chi connectivity index (χ1v) is 10.1. The summed E-state index contributed by atoms with van der Waals surface area (Å²) in [5, 5.41) is 14.7. The summed E-state index contributed by atoms with van der Waals surface area (Å²) in [5.41, 5.74) is 3.61. The molecule has 2 aliphatic rings. The number of allylic oxidation sites excluding steroid dienone is 2. The Hall–Kier alpha value is -3.15. The average molecular weight is 392 g/mol. The molecule has 0 aromatic heterocycles. The lowest BCUT2D eigenvalue weighted by molar-refractivity contribution is -0.384. The third-order valence-corrected chi connectivity index (χ3v) is 5.77. The smallest absolute Gasteiger partial charge is 0.338 e. The number of carbonyl (C=O) groups excluding carboxylic acids is 1. The Kier molecular flexibility index (Phi) is 5.34. The fourth-order valence-electron chi connectivity index (χ4n) is 4.28. The number of rotatable bonds is 6. The van der Waals surface area contributed by atoms with Gasteiger partial charge in [0.2, 0.25) is 0 Å². The Morgan fingerprint density at radius 2 is 2.14 bits per heavy atom. The minimum absolute atomic E-state index is 0.0234. The number of benzene rings is 2. The maximum Gasteiger partial charge on any atom is 0.338 e. The van der Waals surface area contributed by atoms with Crippen LogP contribution >= 0.6 is 0 Å². The van der Waals surface area contributed by atoms with Gasteiger partial charge in [0.15, 0.2) is 0 Å². The van der Waals surface area contributed by atoms with Gasteiger partial charge in [0.05, 0.1) is 23.1 Å². The van der Waals surface area contributed by atoms with Crippen molar-refractivity contribution in [2.24, 2.45) is 5.92 Å². The standard InChI is InChI=1S/C23H24N2O4/c1-2-3-12-29-23(26)16-10-11-21-20(14-16)18-8-5-9-19(18)22(24-21)15-6-4-7-17(13-15)25(27)28/h4-8,10-11,13-14,18-19,22,24H,2-3,9,12H2,1H3/t18-,19-,22-/m1/s1. The zero-order valence-corrected chi connectivity index (χ0v) is 16.3. The highest BCUT2D eigenvalue weighted by molar-refractivity contribution is 5.90. The first-order valence-electron chi connectivity index (χ1n) is 10.1. The van der Waals surface area contributed by atoms with Gasteiger partial charge in [-0.25, -0.2) is 4.79 Å². The molecule has 3 atom stereocenters. The summed E-state index contributed by atoms with van der Waals surface area (Å²) in [6, 6.07) is 12.4. The summed E-state index contributed by atoms with van der Waals surface area (Å²) < 4.78 is 5.36. The number of ether oxygens (including phenoxy) is 1. The Labute approximate surface area is 169 Å². The molecular weight excluding hydrogens is 368 g/mol. The van der Waals surface area contributed by atoms with E-state index in [1.165, 1.54) is 6.07 Å². The molecule has 6 nitrogen and oxygen atoms in total. The summed E-state index contributed by atoms with van der Waals surface area (Å²) in [6.45, 7) is 2.49. The molecule has 150 valence electrons. The predicted molar refractivity (Wildman–Crippen MR) is 111 cm³/mol. The second-order valence-electron chi connectivity index (χ2n) is 7.62.